The summed E-state index contributed by atoms with van der Waals surface area (Å²) in [7, 11) is 0. The van der Waals surface area contributed by atoms with Gasteiger partial charge in [-0.05, 0) is 37.1 Å². The summed E-state index contributed by atoms with van der Waals surface area (Å²) < 4.78 is 0. The van der Waals surface area contributed by atoms with Crippen molar-refractivity contribution in [1.29, 1.82) is 0 Å². The van der Waals surface area contributed by atoms with Gasteiger partial charge in [0.05, 0.1) is 0 Å². The van der Waals surface area contributed by atoms with E-state index in [0.717, 1.165) is 12.1 Å². The summed E-state index contributed by atoms with van der Waals surface area (Å²) in [6, 6.07) is 8.53. The number of amides is 1. The van der Waals surface area contributed by atoms with Crippen LogP contribution in [0.15, 0.2) is 24.3 Å². The van der Waals surface area contributed by atoms with Gasteiger partial charge in [-0.3, -0.25) is 4.79 Å². The summed E-state index contributed by atoms with van der Waals surface area (Å²) in [6.45, 7) is 11.3. The number of unbranched alkanes of at least 4 members (excludes halogenated alkanes) is 1. The Balaban J connectivity index is 0.000000396. The molecule has 0 saturated carbocycles. The second-order valence-corrected chi connectivity index (χ2v) is 5.20. The van der Waals surface area contributed by atoms with Crippen LogP contribution in [-0.4, -0.2) is 18.5 Å². The van der Waals surface area contributed by atoms with E-state index < -0.39 is 0 Å². The minimum atomic E-state index is -0.0248. The van der Waals surface area contributed by atoms with Crippen LogP contribution in [0.1, 0.15) is 53.0 Å². The predicted molar refractivity (Wildman–Crippen MR) is 88.2 cm³/mol. The fourth-order valence-electron chi connectivity index (χ4n) is 1.64. The van der Waals surface area contributed by atoms with Crippen molar-refractivity contribution in [3.63, 3.8) is 0 Å². The van der Waals surface area contributed by atoms with Gasteiger partial charge >= 0.3 is 0 Å². The van der Waals surface area contributed by atoms with E-state index >= 15 is 0 Å². The molecule has 114 valence electrons. The molecule has 1 rings (SSSR count). The molecule has 0 unspecified atom stereocenters. The minimum Gasteiger partial charge on any atom is -0.326 e. The van der Waals surface area contributed by atoms with Crippen molar-refractivity contribution in [2.75, 3.05) is 11.9 Å². The zero-order valence-electron chi connectivity index (χ0n) is 13.6. The highest BCUT2D eigenvalue weighted by atomic mass is 16.1. The Morgan fingerprint density at radius 2 is 1.95 bits per heavy atom. The maximum atomic E-state index is 10.7. The van der Waals surface area contributed by atoms with Crippen molar-refractivity contribution >= 4 is 11.6 Å². The van der Waals surface area contributed by atoms with Crippen LogP contribution in [0.3, 0.4) is 0 Å². The van der Waals surface area contributed by atoms with Crippen LogP contribution in [-0.2, 0) is 11.2 Å². The van der Waals surface area contributed by atoms with E-state index in [1.807, 2.05) is 24.3 Å². The van der Waals surface area contributed by atoms with Crippen LogP contribution in [0.25, 0.3) is 0 Å². The van der Waals surface area contributed by atoms with Gasteiger partial charge in [0.15, 0.2) is 0 Å². The Morgan fingerprint density at radius 3 is 2.45 bits per heavy atom. The molecule has 0 aliphatic heterocycles. The smallest absolute Gasteiger partial charge is 0.221 e. The molecule has 20 heavy (non-hydrogen) atoms. The Kier molecular flexibility index (Phi) is 10.7. The molecule has 0 spiro atoms. The van der Waals surface area contributed by atoms with Crippen LogP contribution in [0.5, 0.6) is 0 Å². The zero-order valence-corrected chi connectivity index (χ0v) is 13.6. The van der Waals surface area contributed by atoms with E-state index in [4.69, 9.17) is 0 Å². The third-order valence-corrected chi connectivity index (χ3v) is 2.74. The third kappa shape index (κ3) is 10.6. The molecule has 1 amide bonds. The first-order chi connectivity index (χ1) is 9.49. The Hall–Kier alpha value is -1.35. The van der Waals surface area contributed by atoms with Crippen molar-refractivity contribution in [2.24, 2.45) is 0 Å². The van der Waals surface area contributed by atoms with Gasteiger partial charge in [0, 0.05) is 18.7 Å². The standard InChI is InChI=1S/C10H13NO.C7H17N/c1-3-9-5-4-6-10(7-9)11-8(2)12;1-4-5-6-8-7(2)3/h4-7H,3H2,1-2H3,(H,11,12);7-8H,4-6H2,1-3H3. The molecular weight excluding hydrogens is 248 g/mol. The highest BCUT2D eigenvalue weighted by molar-refractivity contribution is 5.88. The van der Waals surface area contributed by atoms with Gasteiger partial charge in [-0.25, -0.2) is 0 Å². The molecule has 0 aliphatic carbocycles. The second kappa shape index (κ2) is 11.5. The van der Waals surface area contributed by atoms with Crippen LogP contribution < -0.4 is 10.6 Å². The van der Waals surface area contributed by atoms with Gasteiger partial charge in [-0.2, -0.15) is 0 Å². The average molecular weight is 278 g/mol. The molecule has 1 aromatic rings. The van der Waals surface area contributed by atoms with Gasteiger partial charge in [-0.1, -0.05) is 46.2 Å². The lowest BCUT2D eigenvalue weighted by molar-refractivity contribution is -0.114. The molecule has 2 N–H and O–H groups in total. The molecule has 0 aromatic heterocycles. The van der Waals surface area contributed by atoms with E-state index in [1.165, 1.54) is 31.9 Å². The molecule has 0 atom stereocenters. The first-order valence-electron chi connectivity index (χ1n) is 7.59. The largest absolute Gasteiger partial charge is 0.326 e. The molecule has 0 saturated heterocycles. The van der Waals surface area contributed by atoms with Gasteiger partial charge < -0.3 is 10.6 Å². The molecule has 0 radical (unpaired) electrons. The number of hydrogen-bond acceptors (Lipinski definition) is 2. The lowest BCUT2D eigenvalue weighted by atomic mass is 10.1. The number of benzene rings is 1. The Morgan fingerprint density at radius 1 is 1.25 bits per heavy atom. The molecule has 3 heteroatoms. The van der Waals surface area contributed by atoms with E-state index in [-0.39, 0.29) is 5.91 Å². The van der Waals surface area contributed by atoms with E-state index in [0.29, 0.717) is 6.04 Å². The fraction of sp³-hybridized carbons (Fsp3) is 0.588. The molecule has 3 nitrogen and oxygen atoms in total. The number of anilines is 1. The first kappa shape index (κ1) is 18.7. The summed E-state index contributed by atoms with van der Waals surface area (Å²) in [5, 5.41) is 6.09. The van der Waals surface area contributed by atoms with Crippen molar-refractivity contribution < 1.29 is 4.79 Å². The summed E-state index contributed by atoms with van der Waals surface area (Å²) >= 11 is 0. The van der Waals surface area contributed by atoms with Crippen LogP contribution in [0, 0.1) is 0 Å². The SMILES string of the molecule is CCCCNC(C)C.CCc1cccc(NC(C)=O)c1. The number of nitrogens with one attached hydrogen (secondary N) is 2. The van der Waals surface area contributed by atoms with E-state index in [2.05, 4.69) is 38.3 Å². The van der Waals surface area contributed by atoms with Crippen LogP contribution in [0.2, 0.25) is 0 Å². The van der Waals surface area contributed by atoms with Crippen molar-refractivity contribution in [3.05, 3.63) is 29.8 Å². The average Bonchev–Trinajstić information content (AvgIpc) is 2.39. The molecule has 1 aromatic carbocycles. The highest BCUT2D eigenvalue weighted by Crippen LogP contribution is 2.10. The number of carbonyl (C=O) groups is 1. The minimum absolute atomic E-state index is 0.0248. The molecular formula is C17H30N2O. The number of rotatable bonds is 6. The molecule has 0 heterocycles. The van der Waals surface area contributed by atoms with Crippen LogP contribution >= 0.6 is 0 Å². The first-order valence-corrected chi connectivity index (χ1v) is 7.59. The third-order valence-electron chi connectivity index (χ3n) is 2.74. The molecule has 0 aliphatic rings. The topological polar surface area (TPSA) is 41.1 Å². The monoisotopic (exact) mass is 278 g/mol. The van der Waals surface area contributed by atoms with E-state index in [1.54, 1.807) is 0 Å². The van der Waals surface area contributed by atoms with Crippen molar-refractivity contribution in [1.82, 2.24) is 5.32 Å². The quantitative estimate of drug-likeness (QED) is 0.772. The van der Waals surface area contributed by atoms with Crippen molar-refractivity contribution in [3.8, 4) is 0 Å². The Bertz CT molecular complexity index is 375. The number of carbonyl (C=O) groups excluding carboxylic acids is 1. The lowest BCUT2D eigenvalue weighted by Gasteiger charge is -2.05. The van der Waals surface area contributed by atoms with Gasteiger partial charge in [-0.15, -0.1) is 0 Å². The predicted octanol–water partition coefficient (Wildman–Crippen LogP) is 3.99. The van der Waals surface area contributed by atoms with E-state index in [9.17, 15) is 4.79 Å². The van der Waals surface area contributed by atoms with Crippen molar-refractivity contribution in [2.45, 2.75) is 59.9 Å². The highest BCUT2D eigenvalue weighted by Gasteiger charge is 1.95. The second-order valence-electron chi connectivity index (χ2n) is 5.20. The summed E-state index contributed by atoms with van der Waals surface area (Å²) in [4.78, 5) is 10.7. The Labute approximate surface area is 124 Å². The normalized spacial score (nSPS) is 9.90. The fourth-order valence-corrected chi connectivity index (χ4v) is 1.64. The van der Waals surface area contributed by atoms with Gasteiger partial charge in [0.25, 0.3) is 0 Å². The number of aryl methyl sites for hydroxylation is 1. The van der Waals surface area contributed by atoms with Crippen LogP contribution in [0.4, 0.5) is 5.69 Å². The molecule has 0 fully saturated rings. The van der Waals surface area contributed by atoms with Gasteiger partial charge in [0.2, 0.25) is 5.91 Å². The maximum absolute atomic E-state index is 10.7. The lowest BCUT2D eigenvalue weighted by Crippen LogP contribution is -2.23. The summed E-state index contributed by atoms with van der Waals surface area (Å²) in [6.07, 6.45) is 3.59. The summed E-state index contributed by atoms with van der Waals surface area (Å²) in [5.41, 5.74) is 2.11. The molecule has 0 bridgehead atoms. The van der Waals surface area contributed by atoms with Gasteiger partial charge in [0.1, 0.15) is 0 Å². The summed E-state index contributed by atoms with van der Waals surface area (Å²) in [5.74, 6) is -0.0248. The number of hydrogen-bond donors (Lipinski definition) is 2. The maximum Gasteiger partial charge on any atom is 0.221 e. The zero-order chi connectivity index (χ0) is 15.4.